The Balaban J connectivity index is 1.89. The molecule has 2 heterocycles. The van der Waals surface area contributed by atoms with Crippen molar-refractivity contribution in [1.82, 2.24) is 5.32 Å². The van der Waals surface area contributed by atoms with Crippen molar-refractivity contribution in [3.63, 3.8) is 0 Å². The summed E-state index contributed by atoms with van der Waals surface area (Å²) in [4.78, 5) is 0. The quantitative estimate of drug-likeness (QED) is 0.854. The average molecular weight is 265 g/mol. The lowest BCUT2D eigenvalue weighted by Crippen LogP contribution is -2.50. The molecule has 4 rings (SSSR count). The first-order valence-corrected chi connectivity index (χ1v) is 7.34. The van der Waals surface area contributed by atoms with E-state index in [1.54, 1.807) is 0 Å². The van der Waals surface area contributed by atoms with Crippen molar-refractivity contribution in [2.75, 3.05) is 13.2 Å². The monoisotopic (exact) mass is 265 g/mol. The molecular formula is C18H19NO. The molecular weight excluding hydrogens is 246 g/mol. The topological polar surface area (TPSA) is 21.3 Å². The van der Waals surface area contributed by atoms with Crippen molar-refractivity contribution < 1.29 is 4.74 Å². The molecule has 0 aliphatic carbocycles. The first-order chi connectivity index (χ1) is 9.81. The molecule has 0 spiro atoms. The smallest absolute Gasteiger partial charge is 0.0656 e. The molecule has 0 radical (unpaired) electrons. The van der Waals surface area contributed by atoms with Crippen molar-refractivity contribution in [3.05, 3.63) is 53.6 Å². The van der Waals surface area contributed by atoms with Crippen molar-refractivity contribution in [3.8, 4) is 0 Å². The number of rotatable bonds is 1. The van der Waals surface area contributed by atoms with Crippen LogP contribution in [0.15, 0.2) is 42.5 Å². The van der Waals surface area contributed by atoms with Gasteiger partial charge in [-0.05, 0) is 40.8 Å². The number of hydrogen-bond donors (Lipinski definition) is 1. The van der Waals surface area contributed by atoms with Gasteiger partial charge in [0.2, 0.25) is 0 Å². The van der Waals surface area contributed by atoms with Gasteiger partial charge in [0.15, 0.2) is 0 Å². The molecule has 0 amide bonds. The van der Waals surface area contributed by atoms with Gasteiger partial charge in [0, 0.05) is 12.1 Å². The van der Waals surface area contributed by atoms with E-state index in [9.17, 15) is 0 Å². The maximum atomic E-state index is 5.63. The summed E-state index contributed by atoms with van der Waals surface area (Å²) in [7, 11) is 0. The number of fused-ring (bicyclic) bond motifs is 3. The molecule has 2 unspecified atom stereocenters. The van der Waals surface area contributed by atoms with E-state index >= 15 is 0 Å². The number of hydrogen-bond acceptors (Lipinski definition) is 2. The van der Waals surface area contributed by atoms with E-state index in [0.717, 1.165) is 19.6 Å². The Morgan fingerprint density at radius 1 is 1.10 bits per heavy atom. The molecule has 2 atom stereocenters. The highest BCUT2D eigenvalue weighted by molar-refractivity contribution is 5.95. The molecule has 2 aliphatic heterocycles. The van der Waals surface area contributed by atoms with Crippen LogP contribution in [-0.4, -0.2) is 25.3 Å². The second-order valence-corrected chi connectivity index (χ2v) is 5.88. The van der Waals surface area contributed by atoms with Gasteiger partial charge in [-0.3, -0.25) is 0 Å². The van der Waals surface area contributed by atoms with Gasteiger partial charge in [0.1, 0.15) is 0 Å². The lowest BCUT2D eigenvalue weighted by atomic mass is 9.86. The molecule has 2 heteroatoms. The molecule has 1 N–H and O–H groups in total. The van der Waals surface area contributed by atoms with Gasteiger partial charge in [0.05, 0.1) is 13.2 Å². The lowest BCUT2D eigenvalue weighted by molar-refractivity contribution is 0.0561. The van der Waals surface area contributed by atoms with E-state index in [-0.39, 0.29) is 0 Å². The predicted octanol–water partition coefficient (Wildman–Crippen LogP) is 3.29. The van der Waals surface area contributed by atoms with Crippen LogP contribution >= 0.6 is 0 Å². The van der Waals surface area contributed by atoms with Crippen LogP contribution in [0.4, 0.5) is 0 Å². The van der Waals surface area contributed by atoms with Gasteiger partial charge < -0.3 is 10.1 Å². The second-order valence-electron chi connectivity index (χ2n) is 5.88. The van der Waals surface area contributed by atoms with E-state index in [4.69, 9.17) is 4.74 Å². The fourth-order valence-electron chi connectivity index (χ4n) is 3.52. The van der Waals surface area contributed by atoms with Gasteiger partial charge in [-0.25, -0.2) is 0 Å². The maximum Gasteiger partial charge on any atom is 0.0656 e. The fraction of sp³-hybridized carbons (Fsp3) is 0.333. The number of aryl methyl sites for hydroxylation is 1. The number of benzene rings is 2. The summed E-state index contributed by atoms with van der Waals surface area (Å²) >= 11 is 0. The minimum Gasteiger partial charge on any atom is -0.378 e. The Labute approximate surface area is 119 Å². The summed E-state index contributed by atoms with van der Waals surface area (Å²) in [5, 5.41) is 6.32. The summed E-state index contributed by atoms with van der Waals surface area (Å²) in [6, 6.07) is 14.0. The van der Waals surface area contributed by atoms with Crippen molar-refractivity contribution >= 4 is 16.3 Å². The third kappa shape index (κ3) is 1.96. The van der Waals surface area contributed by atoms with E-state index in [1.165, 1.54) is 27.5 Å². The Hall–Kier alpha value is -1.64. The molecule has 0 aromatic heterocycles. The first kappa shape index (κ1) is 12.1. The minimum absolute atomic E-state index is 0.371. The minimum atomic E-state index is 0.371. The average Bonchev–Trinajstić information content (AvgIpc) is 2.46. The number of ether oxygens (including phenoxy) is 1. The number of nitrogens with one attached hydrogen (secondary N) is 1. The predicted molar refractivity (Wildman–Crippen MR) is 82.8 cm³/mol. The Kier molecular flexibility index (Phi) is 2.86. The largest absolute Gasteiger partial charge is 0.378 e. The van der Waals surface area contributed by atoms with E-state index in [1.807, 2.05) is 0 Å². The van der Waals surface area contributed by atoms with Gasteiger partial charge in [-0.2, -0.15) is 0 Å². The summed E-state index contributed by atoms with van der Waals surface area (Å²) < 4.78 is 5.63. The van der Waals surface area contributed by atoms with Crippen LogP contribution < -0.4 is 5.32 Å². The van der Waals surface area contributed by atoms with Crippen molar-refractivity contribution in [1.29, 1.82) is 0 Å². The Bertz CT molecular complexity index is 689. The molecule has 2 aliphatic rings. The lowest BCUT2D eigenvalue weighted by Gasteiger charge is -2.35. The van der Waals surface area contributed by atoms with Crippen molar-refractivity contribution in [2.45, 2.75) is 25.4 Å². The Morgan fingerprint density at radius 2 is 2.00 bits per heavy atom. The van der Waals surface area contributed by atoms with Gasteiger partial charge in [-0.1, -0.05) is 42.5 Å². The molecule has 20 heavy (non-hydrogen) atoms. The van der Waals surface area contributed by atoms with E-state index in [2.05, 4.69) is 54.7 Å². The van der Waals surface area contributed by atoms with Crippen LogP contribution in [0.1, 0.15) is 17.5 Å². The van der Waals surface area contributed by atoms with Crippen molar-refractivity contribution in [2.24, 2.45) is 0 Å². The molecule has 2 nitrogen and oxygen atoms in total. The molecule has 2 aromatic carbocycles. The van der Waals surface area contributed by atoms with Crippen LogP contribution in [0, 0.1) is 6.92 Å². The maximum absolute atomic E-state index is 5.63. The van der Waals surface area contributed by atoms with Gasteiger partial charge in [-0.15, -0.1) is 0 Å². The highest BCUT2D eigenvalue weighted by Gasteiger charge is 2.27. The normalized spacial score (nSPS) is 25.6. The number of morpholine rings is 1. The van der Waals surface area contributed by atoms with E-state index in [0.29, 0.717) is 12.1 Å². The third-order valence-electron chi connectivity index (χ3n) is 4.39. The zero-order chi connectivity index (χ0) is 13.5. The van der Waals surface area contributed by atoms with Crippen LogP contribution in [0.25, 0.3) is 16.3 Å². The summed E-state index contributed by atoms with van der Waals surface area (Å²) in [6.45, 7) is 3.85. The molecule has 2 bridgehead atoms. The van der Waals surface area contributed by atoms with Gasteiger partial charge in [0.25, 0.3) is 0 Å². The van der Waals surface area contributed by atoms with Crippen LogP contribution in [-0.2, 0) is 4.74 Å². The highest BCUT2D eigenvalue weighted by Crippen LogP contribution is 2.34. The van der Waals surface area contributed by atoms with E-state index < -0.39 is 0 Å². The Morgan fingerprint density at radius 3 is 2.90 bits per heavy atom. The van der Waals surface area contributed by atoms with Gasteiger partial charge >= 0.3 is 0 Å². The zero-order valence-electron chi connectivity index (χ0n) is 11.7. The summed E-state index contributed by atoms with van der Waals surface area (Å²) in [5.74, 6) is 0. The molecule has 1 saturated heterocycles. The third-order valence-corrected chi connectivity index (χ3v) is 4.39. The van der Waals surface area contributed by atoms with Crippen LogP contribution in [0.3, 0.4) is 0 Å². The SMILES string of the molecule is Cc1ccc2ccccc2c1C1=CC2COCC(C1)N2. The standard InChI is InChI=1S/C18H19NO/c1-12-6-7-13-4-2-3-5-17(13)18(12)14-8-15-10-20-11-16(9-14)19-15/h2-8,15-16,19H,9-11H2,1H3. The highest BCUT2D eigenvalue weighted by atomic mass is 16.5. The summed E-state index contributed by atoms with van der Waals surface area (Å²) in [6.07, 6.45) is 3.43. The molecule has 0 saturated carbocycles. The second kappa shape index (κ2) is 4.72. The van der Waals surface area contributed by atoms with Crippen LogP contribution in [0.5, 0.6) is 0 Å². The molecule has 1 fully saturated rings. The zero-order valence-corrected chi connectivity index (χ0v) is 11.7. The summed E-state index contributed by atoms with van der Waals surface area (Å²) in [5.41, 5.74) is 4.29. The molecule has 102 valence electrons. The fourth-order valence-corrected chi connectivity index (χ4v) is 3.52. The first-order valence-electron chi connectivity index (χ1n) is 7.34. The molecule has 2 aromatic rings. The van der Waals surface area contributed by atoms with Crippen LogP contribution in [0.2, 0.25) is 0 Å².